The van der Waals surface area contributed by atoms with E-state index in [1.807, 2.05) is 30.3 Å². The number of carbonyl (C=O) groups excluding carboxylic acids is 1. The number of aliphatic carboxylic acids is 1. The Morgan fingerprint density at radius 2 is 1.91 bits per heavy atom. The lowest BCUT2D eigenvalue weighted by atomic mass is 10.3. The highest BCUT2D eigenvalue weighted by Gasteiger charge is 2.22. The SMILES string of the molecule is C=C(C)C(=O)O.CCOC(N)=O.c1ccc(OCC2CO2)cc1. The molecule has 1 aromatic rings. The van der Waals surface area contributed by atoms with Crippen LogP contribution in [0.25, 0.3) is 0 Å². The first-order chi connectivity index (χ1) is 10.9. The van der Waals surface area contributed by atoms with Gasteiger partial charge in [0.05, 0.1) is 13.2 Å². The Morgan fingerprint density at radius 3 is 2.22 bits per heavy atom. The van der Waals surface area contributed by atoms with E-state index in [-0.39, 0.29) is 5.57 Å². The van der Waals surface area contributed by atoms with Gasteiger partial charge in [0.25, 0.3) is 0 Å². The molecule has 23 heavy (non-hydrogen) atoms. The molecule has 1 heterocycles. The van der Waals surface area contributed by atoms with Crippen LogP contribution < -0.4 is 10.5 Å². The average Bonchev–Trinajstić information content (AvgIpc) is 3.31. The van der Waals surface area contributed by atoms with Gasteiger partial charge in [-0.05, 0) is 26.0 Å². The summed E-state index contributed by atoms with van der Waals surface area (Å²) in [5.74, 6) is -0.0157. The van der Waals surface area contributed by atoms with Crippen molar-refractivity contribution in [1.82, 2.24) is 0 Å². The van der Waals surface area contributed by atoms with Crippen molar-refractivity contribution in [2.24, 2.45) is 5.73 Å². The maximum atomic E-state index is 9.60. The summed E-state index contributed by atoms with van der Waals surface area (Å²) < 4.78 is 14.6. The molecular weight excluding hydrogens is 302 g/mol. The standard InChI is InChI=1S/C9H10O2.C4H6O2.C3H7NO2/c1-2-4-8(5-3-1)10-6-9-7-11-9;1-3(2)4(5)6;1-2-6-3(4)5/h1-5,9H,6-7H2;1H2,2H3,(H,5,6);2H2,1H3,(H2,4,5). The van der Waals surface area contributed by atoms with E-state index < -0.39 is 12.1 Å². The molecule has 2 rings (SSSR count). The number of carbonyl (C=O) groups is 2. The zero-order valence-electron chi connectivity index (χ0n) is 13.4. The van der Waals surface area contributed by atoms with Crippen molar-refractivity contribution < 1.29 is 28.9 Å². The van der Waals surface area contributed by atoms with Gasteiger partial charge in [-0.25, -0.2) is 9.59 Å². The van der Waals surface area contributed by atoms with Crippen molar-refractivity contribution in [2.75, 3.05) is 19.8 Å². The number of benzene rings is 1. The van der Waals surface area contributed by atoms with Crippen LogP contribution in [0, 0.1) is 0 Å². The lowest BCUT2D eigenvalue weighted by molar-refractivity contribution is -0.132. The summed E-state index contributed by atoms with van der Waals surface area (Å²) in [7, 11) is 0. The third kappa shape index (κ3) is 14.2. The lowest BCUT2D eigenvalue weighted by Crippen LogP contribution is -2.11. The Balaban J connectivity index is 0.000000349. The summed E-state index contributed by atoms with van der Waals surface area (Å²) in [6, 6.07) is 9.79. The molecule has 1 aliphatic rings. The van der Waals surface area contributed by atoms with E-state index in [4.69, 9.17) is 14.6 Å². The molecule has 7 nitrogen and oxygen atoms in total. The van der Waals surface area contributed by atoms with Crippen LogP contribution in [0.5, 0.6) is 5.75 Å². The first kappa shape index (κ1) is 20.5. The van der Waals surface area contributed by atoms with Gasteiger partial charge in [0.2, 0.25) is 0 Å². The maximum Gasteiger partial charge on any atom is 0.404 e. The molecule has 3 N–H and O–H groups in total. The molecule has 0 radical (unpaired) electrons. The Hall–Kier alpha value is -2.54. The van der Waals surface area contributed by atoms with Crippen LogP contribution in [-0.4, -0.2) is 43.1 Å². The summed E-state index contributed by atoms with van der Waals surface area (Å²) in [5.41, 5.74) is 4.72. The van der Waals surface area contributed by atoms with Crippen LogP contribution >= 0.6 is 0 Å². The van der Waals surface area contributed by atoms with E-state index in [2.05, 4.69) is 17.0 Å². The molecule has 1 amide bonds. The number of rotatable bonds is 5. The van der Waals surface area contributed by atoms with Crippen LogP contribution in [0.3, 0.4) is 0 Å². The van der Waals surface area contributed by atoms with E-state index in [0.717, 1.165) is 12.4 Å². The number of nitrogens with two attached hydrogens (primary N) is 1. The largest absolute Gasteiger partial charge is 0.491 e. The highest BCUT2D eigenvalue weighted by molar-refractivity contribution is 5.84. The van der Waals surface area contributed by atoms with Crippen LogP contribution in [-0.2, 0) is 14.3 Å². The molecule has 0 aliphatic carbocycles. The Bertz CT molecular complexity index is 473. The zero-order valence-corrected chi connectivity index (χ0v) is 13.4. The summed E-state index contributed by atoms with van der Waals surface area (Å²) in [6.45, 7) is 8.20. The first-order valence-electron chi connectivity index (χ1n) is 6.97. The van der Waals surface area contributed by atoms with Gasteiger partial charge in [-0.2, -0.15) is 0 Å². The number of primary amides is 1. The van der Waals surface area contributed by atoms with Gasteiger partial charge in [-0.15, -0.1) is 0 Å². The molecule has 0 bridgehead atoms. The number of carboxylic acids is 1. The summed E-state index contributed by atoms with van der Waals surface area (Å²) >= 11 is 0. The minimum absolute atomic E-state index is 0.176. The monoisotopic (exact) mass is 325 g/mol. The topological polar surface area (TPSA) is 111 Å². The van der Waals surface area contributed by atoms with Gasteiger partial charge in [-0.3, -0.25) is 0 Å². The van der Waals surface area contributed by atoms with Crippen LogP contribution in [0.4, 0.5) is 4.79 Å². The number of hydrogen-bond donors (Lipinski definition) is 2. The number of epoxide rings is 1. The first-order valence-corrected chi connectivity index (χ1v) is 6.97. The Morgan fingerprint density at radius 1 is 1.39 bits per heavy atom. The van der Waals surface area contributed by atoms with E-state index in [0.29, 0.717) is 19.3 Å². The predicted molar refractivity (Wildman–Crippen MR) is 85.3 cm³/mol. The second-order valence-corrected chi connectivity index (χ2v) is 4.42. The third-order valence-electron chi connectivity index (χ3n) is 2.23. The van der Waals surface area contributed by atoms with Crippen molar-refractivity contribution in [3.63, 3.8) is 0 Å². The van der Waals surface area contributed by atoms with Crippen molar-refractivity contribution >= 4 is 12.1 Å². The summed E-state index contributed by atoms with van der Waals surface area (Å²) in [5, 5.41) is 7.89. The molecular formula is C16H23NO6. The molecule has 128 valence electrons. The minimum Gasteiger partial charge on any atom is -0.491 e. The second kappa shape index (κ2) is 12.0. The van der Waals surface area contributed by atoms with Gasteiger partial charge in [0.15, 0.2) is 0 Å². The fraction of sp³-hybridized carbons (Fsp3) is 0.375. The maximum absolute atomic E-state index is 9.60. The van der Waals surface area contributed by atoms with E-state index >= 15 is 0 Å². The van der Waals surface area contributed by atoms with Gasteiger partial charge >= 0.3 is 12.1 Å². The molecule has 1 aromatic carbocycles. The quantitative estimate of drug-likeness (QED) is 0.634. The van der Waals surface area contributed by atoms with Crippen LogP contribution in [0.15, 0.2) is 42.5 Å². The van der Waals surface area contributed by atoms with Gasteiger partial charge in [0, 0.05) is 5.57 Å². The van der Waals surface area contributed by atoms with Crippen molar-refractivity contribution in [1.29, 1.82) is 0 Å². The zero-order chi connectivity index (χ0) is 17.7. The third-order valence-corrected chi connectivity index (χ3v) is 2.23. The molecule has 0 spiro atoms. The average molecular weight is 325 g/mol. The van der Waals surface area contributed by atoms with Crippen molar-refractivity contribution in [3.05, 3.63) is 42.5 Å². The van der Waals surface area contributed by atoms with Gasteiger partial charge in [0.1, 0.15) is 18.5 Å². The number of carboxylic acid groups (broad SMARTS) is 1. The van der Waals surface area contributed by atoms with E-state index in [1.165, 1.54) is 6.92 Å². The minimum atomic E-state index is -0.935. The molecule has 1 unspecified atom stereocenters. The number of amides is 1. The van der Waals surface area contributed by atoms with E-state index in [1.54, 1.807) is 6.92 Å². The molecule has 0 aromatic heterocycles. The number of para-hydroxylation sites is 1. The molecule has 1 saturated heterocycles. The smallest absolute Gasteiger partial charge is 0.404 e. The highest BCUT2D eigenvalue weighted by Crippen LogP contribution is 2.13. The Kier molecular flexibility index (Phi) is 10.7. The molecule has 1 fully saturated rings. The number of ether oxygens (including phenoxy) is 3. The van der Waals surface area contributed by atoms with Crippen LogP contribution in [0.2, 0.25) is 0 Å². The highest BCUT2D eigenvalue weighted by atomic mass is 16.6. The molecule has 7 heteroatoms. The normalized spacial score (nSPS) is 14.1. The molecule has 0 saturated carbocycles. The summed E-state index contributed by atoms with van der Waals surface area (Å²) in [4.78, 5) is 19.2. The molecule has 1 atom stereocenters. The predicted octanol–water partition coefficient (Wildman–Crippen LogP) is 2.21. The van der Waals surface area contributed by atoms with Gasteiger partial charge < -0.3 is 25.1 Å². The lowest BCUT2D eigenvalue weighted by Gasteiger charge is -2.01. The van der Waals surface area contributed by atoms with Crippen molar-refractivity contribution in [2.45, 2.75) is 20.0 Å². The fourth-order valence-electron chi connectivity index (χ4n) is 1.01. The van der Waals surface area contributed by atoms with E-state index in [9.17, 15) is 9.59 Å². The van der Waals surface area contributed by atoms with Crippen molar-refractivity contribution in [3.8, 4) is 5.75 Å². The molecule has 1 aliphatic heterocycles. The Labute approximate surface area is 135 Å². The fourth-order valence-corrected chi connectivity index (χ4v) is 1.01. The van der Waals surface area contributed by atoms with Gasteiger partial charge in [-0.1, -0.05) is 24.8 Å². The summed E-state index contributed by atoms with van der Waals surface area (Å²) in [6.07, 6.45) is -0.368. The number of hydrogen-bond acceptors (Lipinski definition) is 5. The van der Waals surface area contributed by atoms with Crippen LogP contribution in [0.1, 0.15) is 13.8 Å². The second-order valence-electron chi connectivity index (χ2n) is 4.42.